The summed E-state index contributed by atoms with van der Waals surface area (Å²) in [5.41, 5.74) is -1.77. The van der Waals surface area contributed by atoms with Gasteiger partial charge in [-0.05, 0) is 47.5 Å². The molecule has 1 amide bonds. The molecule has 1 saturated heterocycles. The monoisotopic (exact) mass is 440 g/mol. The number of thioether (sulfide) groups is 1. The average molecular weight is 441 g/mol. The van der Waals surface area contributed by atoms with Crippen molar-refractivity contribution in [1.29, 1.82) is 0 Å². The van der Waals surface area contributed by atoms with E-state index in [1.807, 2.05) is 0 Å². The van der Waals surface area contributed by atoms with Crippen molar-refractivity contribution in [3.8, 4) is 0 Å². The minimum atomic E-state index is -0.886. The van der Waals surface area contributed by atoms with Crippen LogP contribution in [0.25, 0.3) is 0 Å². The largest absolute Gasteiger partial charge is 0.444 e. The van der Waals surface area contributed by atoms with Gasteiger partial charge in [0.15, 0.2) is 11.0 Å². The fourth-order valence-electron chi connectivity index (χ4n) is 2.87. The highest BCUT2D eigenvalue weighted by Gasteiger charge is 2.31. The number of nitrogens with zero attached hydrogens (tertiary/aromatic N) is 4. The van der Waals surface area contributed by atoms with Gasteiger partial charge in [-0.3, -0.25) is 4.57 Å². The van der Waals surface area contributed by atoms with Gasteiger partial charge in [-0.2, -0.15) is 4.98 Å². The molecule has 166 valence electrons. The summed E-state index contributed by atoms with van der Waals surface area (Å²) in [5.74, 6) is 1.00. The lowest BCUT2D eigenvalue weighted by Crippen LogP contribution is -2.44. The lowest BCUT2D eigenvalue weighted by Gasteiger charge is -2.26. The molecule has 1 aliphatic rings. The maximum absolute atomic E-state index is 12.1. The van der Waals surface area contributed by atoms with Gasteiger partial charge in [0, 0.05) is 6.61 Å². The lowest BCUT2D eigenvalue weighted by molar-refractivity contribution is 0.0465. The number of aromatic amines is 1. The first-order valence-corrected chi connectivity index (χ1v) is 10.8. The van der Waals surface area contributed by atoms with Gasteiger partial charge in [-0.1, -0.05) is 16.9 Å². The molecule has 0 bridgehead atoms. The number of hydrogen-bond acceptors (Lipinski definition) is 9. The van der Waals surface area contributed by atoms with Crippen LogP contribution in [0.2, 0.25) is 0 Å². The van der Waals surface area contributed by atoms with E-state index in [1.165, 1.54) is 11.8 Å². The number of aromatic nitrogens is 5. The number of carbonyl (C=O) groups is 1. The highest BCUT2D eigenvalue weighted by molar-refractivity contribution is 7.98. The standard InChI is InChI=1S/C18H28N6O5S/c1-17(2,3)28-16(26)20-18(4,5)13-19-12(29-23-13)10-30-15-22-21-14(25)24(15)9-11-7-6-8-27-11/h11H,6-10H2,1-5H3,(H,20,26)(H,21,25). The molecule has 3 rings (SSSR count). The number of amides is 1. The van der Waals surface area contributed by atoms with Gasteiger partial charge >= 0.3 is 11.8 Å². The SMILES string of the molecule is CC(C)(C)OC(=O)NC(C)(C)c1noc(CSc2n[nH]c(=O)n2CC2CCCO2)n1. The van der Waals surface area contributed by atoms with E-state index in [4.69, 9.17) is 14.0 Å². The van der Waals surface area contributed by atoms with E-state index in [0.29, 0.717) is 29.2 Å². The number of carbonyl (C=O) groups excluding carboxylic acids is 1. The normalized spacial score (nSPS) is 17.3. The van der Waals surface area contributed by atoms with Crippen LogP contribution in [0, 0.1) is 0 Å². The Morgan fingerprint density at radius 2 is 2.13 bits per heavy atom. The van der Waals surface area contributed by atoms with Gasteiger partial charge in [-0.25, -0.2) is 14.7 Å². The van der Waals surface area contributed by atoms with Crippen LogP contribution in [0.1, 0.15) is 59.2 Å². The van der Waals surface area contributed by atoms with E-state index in [0.717, 1.165) is 19.4 Å². The molecular weight excluding hydrogens is 412 g/mol. The predicted molar refractivity (Wildman–Crippen MR) is 108 cm³/mol. The minimum absolute atomic E-state index is 0.0226. The molecule has 0 saturated carbocycles. The number of ether oxygens (including phenoxy) is 2. The van der Waals surface area contributed by atoms with Crippen LogP contribution >= 0.6 is 11.8 Å². The predicted octanol–water partition coefficient (Wildman–Crippen LogP) is 2.19. The summed E-state index contributed by atoms with van der Waals surface area (Å²) in [4.78, 5) is 28.5. The second-order valence-electron chi connectivity index (χ2n) is 8.61. The summed E-state index contributed by atoms with van der Waals surface area (Å²) in [5, 5.41) is 13.8. The van der Waals surface area contributed by atoms with Crippen molar-refractivity contribution in [1.82, 2.24) is 30.2 Å². The minimum Gasteiger partial charge on any atom is -0.444 e. The van der Waals surface area contributed by atoms with Gasteiger partial charge in [-0.15, -0.1) is 5.10 Å². The molecule has 1 atom stereocenters. The Bertz CT molecular complexity index is 922. The zero-order valence-corrected chi connectivity index (χ0v) is 18.7. The zero-order valence-electron chi connectivity index (χ0n) is 17.9. The molecule has 2 aromatic heterocycles. The van der Waals surface area contributed by atoms with Gasteiger partial charge < -0.3 is 19.3 Å². The molecule has 0 aliphatic carbocycles. The van der Waals surface area contributed by atoms with Crippen molar-refractivity contribution in [2.24, 2.45) is 0 Å². The Kier molecular flexibility index (Phi) is 6.56. The van der Waals surface area contributed by atoms with E-state index >= 15 is 0 Å². The van der Waals surface area contributed by atoms with Crippen molar-refractivity contribution in [2.45, 2.75) is 82.2 Å². The third-order valence-corrected chi connectivity index (χ3v) is 5.26. The number of rotatable bonds is 7. The molecule has 1 aliphatic heterocycles. The van der Waals surface area contributed by atoms with E-state index in [-0.39, 0.29) is 11.8 Å². The maximum atomic E-state index is 12.1. The van der Waals surface area contributed by atoms with Gasteiger partial charge in [0.1, 0.15) is 11.1 Å². The quantitative estimate of drug-likeness (QED) is 0.620. The molecule has 2 N–H and O–H groups in total. The van der Waals surface area contributed by atoms with Crippen molar-refractivity contribution in [3.05, 3.63) is 22.2 Å². The molecule has 2 aromatic rings. The molecule has 3 heterocycles. The molecule has 0 aromatic carbocycles. The van der Waals surface area contributed by atoms with Crippen LogP contribution < -0.4 is 11.0 Å². The van der Waals surface area contributed by atoms with Crippen molar-refractivity contribution < 1.29 is 18.8 Å². The summed E-state index contributed by atoms with van der Waals surface area (Å²) in [6.07, 6.45) is 1.38. The Labute approximate surface area is 178 Å². The summed E-state index contributed by atoms with van der Waals surface area (Å²) in [7, 11) is 0. The van der Waals surface area contributed by atoms with Crippen LogP contribution in [0.3, 0.4) is 0 Å². The van der Waals surface area contributed by atoms with Crippen molar-refractivity contribution in [2.75, 3.05) is 6.61 Å². The molecule has 12 heteroatoms. The summed E-state index contributed by atoms with van der Waals surface area (Å²) >= 11 is 1.31. The maximum Gasteiger partial charge on any atom is 0.408 e. The first-order chi connectivity index (χ1) is 14.0. The highest BCUT2D eigenvalue weighted by Crippen LogP contribution is 2.23. The second kappa shape index (κ2) is 8.80. The van der Waals surface area contributed by atoms with Crippen LogP contribution in [-0.4, -0.2) is 49.3 Å². The number of nitrogens with one attached hydrogen (secondary N) is 2. The Balaban J connectivity index is 1.61. The van der Waals surface area contributed by atoms with Crippen molar-refractivity contribution >= 4 is 17.9 Å². The average Bonchev–Trinajstić information content (AvgIpc) is 3.35. The molecule has 0 radical (unpaired) electrons. The zero-order chi connectivity index (χ0) is 21.9. The summed E-state index contributed by atoms with van der Waals surface area (Å²) in [6, 6.07) is 0. The third-order valence-electron chi connectivity index (χ3n) is 4.30. The van der Waals surface area contributed by atoms with E-state index in [2.05, 4.69) is 25.7 Å². The van der Waals surface area contributed by atoms with Crippen LogP contribution in [0.4, 0.5) is 4.79 Å². The molecule has 11 nitrogen and oxygen atoms in total. The molecule has 1 fully saturated rings. The highest BCUT2D eigenvalue weighted by atomic mass is 32.2. The molecule has 0 spiro atoms. The van der Waals surface area contributed by atoms with E-state index < -0.39 is 17.2 Å². The lowest BCUT2D eigenvalue weighted by atomic mass is 10.1. The number of alkyl carbamates (subject to hydrolysis) is 1. The summed E-state index contributed by atoms with van der Waals surface area (Å²) < 4.78 is 17.8. The molecular formula is C18H28N6O5S. The van der Waals surface area contributed by atoms with Crippen LogP contribution in [0.5, 0.6) is 0 Å². The Morgan fingerprint density at radius 1 is 1.37 bits per heavy atom. The molecule has 1 unspecified atom stereocenters. The second-order valence-corrected chi connectivity index (χ2v) is 9.55. The first kappa shape index (κ1) is 22.3. The van der Waals surface area contributed by atoms with E-state index in [9.17, 15) is 9.59 Å². The van der Waals surface area contributed by atoms with Crippen molar-refractivity contribution in [3.63, 3.8) is 0 Å². The van der Waals surface area contributed by atoms with Crippen LogP contribution in [0.15, 0.2) is 14.5 Å². The topological polar surface area (TPSA) is 137 Å². The number of H-pyrrole nitrogens is 1. The first-order valence-electron chi connectivity index (χ1n) is 9.77. The molecule has 30 heavy (non-hydrogen) atoms. The smallest absolute Gasteiger partial charge is 0.408 e. The van der Waals surface area contributed by atoms with Gasteiger partial charge in [0.05, 0.1) is 18.4 Å². The Morgan fingerprint density at radius 3 is 2.80 bits per heavy atom. The van der Waals surface area contributed by atoms with Gasteiger partial charge in [0.25, 0.3) is 0 Å². The van der Waals surface area contributed by atoms with E-state index in [1.54, 1.807) is 39.2 Å². The number of hydrogen-bond donors (Lipinski definition) is 2. The summed E-state index contributed by atoms with van der Waals surface area (Å²) in [6.45, 7) is 10.1. The third kappa shape index (κ3) is 5.85. The van der Waals surface area contributed by atoms with Crippen LogP contribution in [-0.2, 0) is 27.3 Å². The fraction of sp³-hybridized carbons (Fsp3) is 0.722. The fourth-order valence-corrected chi connectivity index (χ4v) is 3.67. The van der Waals surface area contributed by atoms with Gasteiger partial charge in [0.2, 0.25) is 5.89 Å². The Hall–Kier alpha value is -2.34.